The van der Waals surface area contributed by atoms with Crippen LogP contribution in [0.25, 0.3) is 5.65 Å². The first kappa shape index (κ1) is 11.4. The smallest absolute Gasteiger partial charge is 0.245 e. The highest BCUT2D eigenvalue weighted by Crippen LogP contribution is 2.17. The summed E-state index contributed by atoms with van der Waals surface area (Å²) in [7, 11) is 1.97. The van der Waals surface area contributed by atoms with Crippen LogP contribution in [0.5, 0.6) is 0 Å². The number of nitrogens with one attached hydrogen (secondary N) is 1. The Morgan fingerprint density at radius 1 is 1.44 bits per heavy atom. The van der Waals surface area contributed by atoms with Crippen molar-refractivity contribution < 1.29 is 4.39 Å². The number of hydrogen-bond donors (Lipinski definition) is 1. The largest absolute Gasteiger partial charge is 0.338 e. The average Bonchev–Trinajstić information content (AvgIpc) is 2.81. The topological polar surface area (TPSA) is 45.5 Å². The number of hydrogen-bond acceptors (Lipinski definition) is 4. The molecule has 3 rings (SSSR count). The van der Waals surface area contributed by atoms with E-state index in [1.54, 1.807) is 6.07 Å². The van der Waals surface area contributed by atoms with Gasteiger partial charge in [0.25, 0.3) is 0 Å². The highest BCUT2D eigenvalue weighted by atomic mass is 19.1. The molecule has 3 heterocycles. The molecule has 1 unspecified atom stereocenters. The number of pyridine rings is 1. The summed E-state index contributed by atoms with van der Waals surface area (Å²) in [6, 6.07) is 3.52. The fourth-order valence-corrected chi connectivity index (χ4v) is 2.37. The number of anilines is 1. The molecule has 96 valence electrons. The molecule has 1 saturated heterocycles. The predicted molar refractivity (Wildman–Crippen MR) is 67.2 cm³/mol. The Kier molecular flexibility index (Phi) is 2.87. The number of halogens is 1. The van der Waals surface area contributed by atoms with Crippen LogP contribution >= 0.6 is 0 Å². The van der Waals surface area contributed by atoms with Gasteiger partial charge in [-0.3, -0.25) is 0 Å². The van der Waals surface area contributed by atoms with Gasteiger partial charge < -0.3 is 10.2 Å². The van der Waals surface area contributed by atoms with Gasteiger partial charge in [0.1, 0.15) is 5.82 Å². The first-order valence-electron chi connectivity index (χ1n) is 6.20. The second kappa shape index (κ2) is 4.53. The summed E-state index contributed by atoms with van der Waals surface area (Å²) in [4.78, 5) is 6.58. The van der Waals surface area contributed by atoms with E-state index in [1.807, 2.05) is 7.05 Å². The maximum atomic E-state index is 13.1. The van der Waals surface area contributed by atoms with E-state index >= 15 is 0 Å². The lowest BCUT2D eigenvalue weighted by Gasteiger charge is -2.31. The van der Waals surface area contributed by atoms with Crippen LogP contribution in [0.15, 0.2) is 18.3 Å². The number of aromatic nitrogens is 3. The van der Waals surface area contributed by atoms with E-state index in [-0.39, 0.29) is 5.82 Å². The second-order valence-corrected chi connectivity index (χ2v) is 4.64. The van der Waals surface area contributed by atoms with Gasteiger partial charge >= 0.3 is 0 Å². The molecule has 1 N–H and O–H groups in total. The monoisotopic (exact) mass is 249 g/mol. The van der Waals surface area contributed by atoms with Crippen LogP contribution < -0.4 is 10.2 Å². The summed E-state index contributed by atoms with van der Waals surface area (Å²) >= 11 is 0. The Labute approximate surface area is 105 Å². The molecule has 18 heavy (non-hydrogen) atoms. The molecule has 5 nitrogen and oxygen atoms in total. The third-order valence-corrected chi connectivity index (χ3v) is 3.40. The Bertz CT molecular complexity index is 552. The number of nitrogens with zero attached hydrogens (tertiary/aromatic N) is 4. The summed E-state index contributed by atoms with van der Waals surface area (Å²) in [5.74, 6) is 0.381. The SMILES string of the molecule is CNC1CCCN(c2nc3ccc(F)cn3n2)C1. The van der Waals surface area contributed by atoms with E-state index < -0.39 is 0 Å². The number of piperidine rings is 1. The third kappa shape index (κ3) is 2.03. The highest BCUT2D eigenvalue weighted by Gasteiger charge is 2.21. The standard InChI is InChI=1S/C12H16FN5/c1-14-10-3-2-6-17(8-10)12-15-11-5-4-9(13)7-18(11)16-12/h4-5,7,10,14H,2-3,6,8H2,1H3. The Hall–Kier alpha value is -1.69. The summed E-state index contributed by atoms with van der Waals surface area (Å²) < 4.78 is 14.6. The summed E-state index contributed by atoms with van der Waals surface area (Å²) in [6.45, 7) is 1.85. The maximum absolute atomic E-state index is 13.1. The first-order valence-corrected chi connectivity index (χ1v) is 6.20. The Balaban J connectivity index is 1.89. The molecule has 6 heteroatoms. The first-order chi connectivity index (χ1) is 8.76. The maximum Gasteiger partial charge on any atom is 0.245 e. The van der Waals surface area contributed by atoms with Crippen LogP contribution in [-0.2, 0) is 0 Å². The van der Waals surface area contributed by atoms with Gasteiger partial charge in [-0.2, -0.15) is 4.98 Å². The van der Waals surface area contributed by atoms with E-state index in [0.717, 1.165) is 19.5 Å². The molecule has 0 spiro atoms. The van der Waals surface area contributed by atoms with E-state index in [2.05, 4.69) is 20.3 Å². The fourth-order valence-electron chi connectivity index (χ4n) is 2.37. The lowest BCUT2D eigenvalue weighted by molar-refractivity contribution is 0.445. The molecule has 0 amide bonds. The molecule has 1 atom stereocenters. The predicted octanol–water partition coefficient (Wildman–Crippen LogP) is 1.06. The van der Waals surface area contributed by atoms with Gasteiger partial charge in [0.2, 0.25) is 5.95 Å². The van der Waals surface area contributed by atoms with Gasteiger partial charge in [0.15, 0.2) is 5.65 Å². The number of likely N-dealkylation sites (N-methyl/N-ethyl adjacent to an activating group) is 1. The minimum Gasteiger partial charge on any atom is -0.338 e. The van der Waals surface area contributed by atoms with Crippen LogP contribution in [0.4, 0.5) is 10.3 Å². The van der Waals surface area contributed by atoms with Gasteiger partial charge in [-0.25, -0.2) is 8.91 Å². The minimum atomic E-state index is -0.300. The molecule has 0 saturated carbocycles. The normalized spacial score (nSPS) is 20.6. The quantitative estimate of drug-likeness (QED) is 0.864. The van der Waals surface area contributed by atoms with Crippen LogP contribution in [0.2, 0.25) is 0 Å². The Morgan fingerprint density at radius 2 is 2.33 bits per heavy atom. The van der Waals surface area contributed by atoms with Gasteiger partial charge in [-0.05, 0) is 32.0 Å². The van der Waals surface area contributed by atoms with Crippen molar-refractivity contribution in [2.45, 2.75) is 18.9 Å². The van der Waals surface area contributed by atoms with Crippen molar-refractivity contribution in [1.29, 1.82) is 0 Å². The van der Waals surface area contributed by atoms with E-state index in [1.165, 1.54) is 23.2 Å². The second-order valence-electron chi connectivity index (χ2n) is 4.64. The average molecular weight is 249 g/mol. The molecule has 0 radical (unpaired) electrons. The molecular formula is C12H16FN5. The summed E-state index contributed by atoms with van der Waals surface area (Å²) in [6.07, 6.45) is 3.65. The lowest BCUT2D eigenvalue weighted by Crippen LogP contribution is -2.44. The minimum absolute atomic E-state index is 0.300. The molecule has 1 aliphatic rings. The molecule has 0 aromatic carbocycles. The molecule has 2 aromatic heterocycles. The van der Waals surface area contributed by atoms with Gasteiger partial charge in [-0.15, -0.1) is 5.10 Å². The zero-order chi connectivity index (χ0) is 12.5. The van der Waals surface area contributed by atoms with Crippen molar-refractivity contribution in [1.82, 2.24) is 19.9 Å². The third-order valence-electron chi connectivity index (χ3n) is 3.40. The highest BCUT2D eigenvalue weighted by molar-refractivity contribution is 5.44. The molecular weight excluding hydrogens is 233 g/mol. The van der Waals surface area contributed by atoms with Crippen molar-refractivity contribution in [2.24, 2.45) is 0 Å². The van der Waals surface area contributed by atoms with Gasteiger partial charge in [0.05, 0.1) is 6.20 Å². The summed E-state index contributed by atoms with van der Waals surface area (Å²) in [5.41, 5.74) is 0.679. The zero-order valence-corrected chi connectivity index (χ0v) is 10.3. The van der Waals surface area contributed by atoms with Crippen molar-refractivity contribution in [3.8, 4) is 0 Å². The van der Waals surface area contributed by atoms with Crippen LogP contribution in [-0.4, -0.2) is 40.8 Å². The zero-order valence-electron chi connectivity index (χ0n) is 10.3. The number of fused-ring (bicyclic) bond motifs is 1. The van der Waals surface area contributed by atoms with E-state index in [0.29, 0.717) is 17.6 Å². The van der Waals surface area contributed by atoms with Crippen LogP contribution in [0.3, 0.4) is 0 Å². The van der Waals surface area contributed by atoms with Crippen molar-refractivity contribution >= 4 is 11.6 Å². The molecule has 2 aromatic rings. The van der Waals surface area contributed by atoms with Crippen molar-refractivity contribution in [3.05, 3.63) is 24.1 Å². The molecule has 0 aliphatic carbocycles. The fraction of sp³-hybridized carbons (Fsp3) is 0.500. The van der Waals surface area contributed by atoms with Crippen LogP contribution in [0.1, 0.15) is 12.8 Å². The molecule has 1 fully saturated rings. The lowest BCUT2D eigenvalue weighted by atomic mass is 10.1. The number of rotatable bonds is 2. The van der Waals surface area contributed by atoms with Gasteiger partial charge in [-0.1, -0.05) is 0 Å². The van der Waals surface area contributed by atoms with Crippen molar-refractivity contribution in [2.75, 3.05) is 25.0 Å². The van der Waals surface area contributed by atoms with Gasteiger partial charge in [0, 0.05) is 19.1 Å². The molecule has 1 aliphatic heterocycles. The summed E-state index contributed by atoms with van der Waals surface area (Å²) in [5, 5.41) is 7.61. The van der Waals surface area contributed by atoms with E-state index in [4.69, 9.17) is 0 Å². The Morgan fingerprint density at radius 3 is 3.17 bits per heavy atom. The molecule has 0 bridgehead atoms. The van der Waals surface area contributed by atoms with Crippen LogP contribution in [0, 0.1) is 5.82 Å². The van der Waals surface area contributed by atoms with Crippen molar-refractivity contribution in [3.63, 3.8) is 0 Å². The van der Waals surface area contributed by atoms with E-state index in [9.17, 15) is 4.39 Å².